The van der Waals surface area contributed by atoms with E-state index in [2.05, 4.69) is 5.32 Å². The number of nitrogens with one attached hydrogen (secondary N) is 1. The number of carbonyl (C=O) groups is 1. The molecule has 162 valence electrons. The van der Waals surface area contributed by atoms with Crippen molar-refractivity contribution in [2.75, 3.05) is 25.5 Å². The first-order valence-electron chi connectivity index (χ1n) is 9.73. The average molecular weight is 471 g/mol. The van der Waals surface area contributed by atoms with Crippen LogP contribution in [0.3, 0.4) is 0 Å². The van der Waals surface area contributed by atoms with E-state index in [-0.39, 0.29) is 23.0 Å². The van der Waals surface area contributed by atoms with E-state index >= 15 is 0 Å². The van der Waals surface area contributed by atoms with Crippen LogP contribution >= 0.6 is 23.2 Å². The molecule has 6 nitrogen and oxygen atoms in total. The zero-order valence-electron chi connectivity index (χ0n) is 16.7. The summed E-state index contributed by atoms with van der Waals surface area (Å²) in [7, 11) is -2.27. The average Bonchev–Trinajstić information content (AvgIpc) is 2.75. The van der Waals surface area contributed by atoms with Gasteiger partial charge in [0.25, 0.3) is 0 Å². The molecule has 0 bridgehead atoms. The van der Waals surface area contributed by atoms with Crippen molar-refractivity contribution in [1.29, 1.82) is 0 Å². The molecule has 0 saturated carbocycles. The van der Waals surface area contributed by atoms with E-state index in [4.69, 9.17) is 27.9 Å². The van der Waals surface area contributed by atoms with Gasteiger partial charge in [0.05, 0.1) is 17.2 Å². The summed E-state index contributed by atoms with van der Waals surface area (Å²) in [6.07, 6.45) is 3.41. The van der Waals surface area contributed by atoms with E-state index in [0.717, 1.165) is 24.8 Å². The zero-order valence-corrected chi connectivity index (χ0v) is 19.0. The third kappa shape index (κ3) is 5.46. The van der Waals surface area contributed by atoms with Crippen LogP contribution in [0.1, 0.15) is 31.2 Å². The number of ether oxygens (including phenoxy) is 1. The third-order valence-corrected chi connectivity index (χ3v) is 7.66. The number of aryl methyl sites for hydroxylation is 1. The summed E-state index contributed by atoms with van der Waals surface area (Å²) in [5.74, 6) is 0.0296. The fraction of sp³-hybridized carbons (Fsp3) is 0.381. The number of sulfonamides is 1. The number of rotatable bonds is 7. The number of methoxy groups -OCH3 is 1. The Labute approximate surface area is 187 Å². The Hall–Kier alpha value is -1.80. The first-order chi connectivity index (χ1) is 14.3. The molecule has 0 aromatic heterocycles. The molecule has 0 unspecified atom stereocenters. The van der Waals surface area contributed by atoms with Crippen LogP contribution in [0.5, 0.6) is 5.75 Å². The van der Waals surface area contributed by atoms with Crippen molar-refractivity contribution < 1.29 is 17.9 Å². The van der Waals surface area contributed by atoms with E-state index in [1.54, 1.807) is 24.3 Å². The molecule has 0 aliphatic carbocycles. The summed E-state index contributed by atoms with van der Waals surface area (Å²) in [5.41, 5.74) is 1.30. The van der Waals surface area contributed by atoms with Crippen LogP contribution in [0.2, 0.25) is 10.0 Å². The van der Waals surface area contributed by atoms with Gasteiger partial charge in [0.2, 0.25) is 15.9 Å². The monoisotopic (exact) mass is 470 g/mol. The van der Waals surface area contributed by atoms with Crippen LogP contribution < -0.4 is 10.1 Å². The van der Waals surface area contributed by atoms with Crippen molar-refractivity contribution in [2.45, 2.75) is 37.0 Å². The number of anilines is 1. The van der Waals surface area contributed by atoms with Gasteiger partial charge >= 0.3 is 0 Å². The van der Waals surface area contributed by atoms with Gasteiger partial charge in [-0.3, -0.25) is 4.79 Å². The molecule has 2 aromatic rings. The second-order valence-electron chi connectivity index (χ2n) is 7.13. The Morgan fingerprint density at radius 1 is 1.07 bits per heavy atom. The topological polar surface area (TPSA) is 75.7 Å². The number of hydrogen-bond acceptors (Lipinski definition) is 4. The van der Waals surface area contributed by atoms with Crippen LogP contribution in [0.25, 0.3) is 0 Å². The maximum atomic E-state index is 13.1. The third-order valence-electron chi connectivity index (χ3n) is 5.00. The van der Waals surface area contributed by atoms with Crippen molar-refractivity contribution >= 4 is 44.8 Å². The highest BCUT2D eigenvalue weighted by atomic mass is 35.5. The fourth-order valence-electron chi connectivity index (χ4n) is 3.38. The molecule has 1 amide bonds. The van der Waals surface area contributed by atoms with Crippen LogP contribution in [-0.4, -0.2) is 38.8 Å². The standard InChI is InChI=1S/C21H24Cl2N2O4S/c1-29-19-9-7-16(14-20(19)30(27,28)25-11-3-2-4-12-25)24-21(26)10-6-15-5-8-17(22)18(23)13-15/h5,7-9,13-14H,2-4,6,10-12H2,1H3,(H,24,26). The lowest BCUT2D eigenvalue weighted by Gasteiger charge is -2.26. The number of benzene rings is 2. The van der Waals surface area contributed by atoms with Crippen LogP contribution in [0.15, 0.2) is 41.3 Å². The highest BCUT2D eigenvalue weighted by Crippen LogP contribution is 2.31. The molecular weight excluding hydrogens is 447 g/mol. The largest absolute Gasteiger partial charge is 0.495 e. The minimum Gasteiger partial charge on any atom is -0.495 e. The van der Waals surface area contributed by atoms with Gasteiger partial charge < -0.3 is 10.1 Å². The highest BCUT2D eigenvalue weighted by molar-refractivity contribution is 7.89. The maximum absolute atomic E-state index is 13.1. The predicted molar refractivity (Wildman–Crippen MR) is 119 cm³/mol. The van der Waals surface area contributed by atoms with E-state index in [0.29, 0.717) is 35.2 Å². The normalized spacial score (nSPS) is 15.0. The Morgan fingerprint density at radius 3 is 2.47 bits per heavy atom. The summed E-state index contributed by atoms with van der Waals surface area (Å²) < 4.78 is 32.9. The lowest BCUT2D eigenvalue weighted by molar-refractivity contribution is -0.116. The molecule has 2 aromatic carbocycles. The van der Waals surface area contributed by atoms with Gasteiger partial charge in [-0.25, -0.2) is 8.42 Å². The van der Waals surface area contributed by atoms with Crippen molar-refractivity contribution in [2.24, 2.45) is 0 Å². The molecular formula is C21H24Cl2N2O4S. The molecule has 1 aliphatic rings. The minimum absolute atomic E-state index is 0.0641. The second-order valence-corrected chi connectivity index (χ2v) is 9.85. The molecule has 0 spiro atoms. The number of piperidine rings is 1. The quantitative estimate of drug-likeness (QED) is 0.633. The van der Waals surface area contributed by atoms with Gasteiger partial charge in [0.1, 0.15) is 10.6 Å². The molecule has 1 saturated heterocycles. The van der Waals surface area contributed by atoms with E-state index in [1.165, 1.54) is 17.5 Å². The van der Waals surface area contributed by atoms with Gasteiger partial charge in [-0.2, -0.15) is 4.31 Å². The summed E-state index contributed by atoms with van der Waals surface area (Å²) in [4.78, 5) is 12.5. The lowest BCUT2D eigenvalue weighted by atomic mass is 10.1. The number of nitrogens with zero attached hydrogens (tertiary/aromatic N) is 1. The number of halogens is 2. The Balaban J connectivity index is 1.72. The van der Waals surface area contributed by atoms with Gasteiger partial charge in [-0.1, -0.05) is 35.7 Å². The van der Waals surface area contributed by atoms with Crippen molar-refractivity contribution in [3.63, 3.8) is 0 Å². The molecule has 9 heteroatoms. The second kappa shape index (κ2) is 10.0. The maximum Gasteiger partial charge on any atom is 0.246 e. The Kier molecular flexibility index (Phi) is 7.63. The number of hydrogen-bond donors (Lipinski definition) is 1. The first kappa shape index (κ1) is 22.9. The molecule has 3 rings (SSSR count). The van der Waals surface area contributed by atoms with Gasteiger partial charge in [0, 0.05) is 25.2 Å². The summed E-state index contributed by atoms with van der Waals surface area (Å²) >= 11 is 11.9. The van der Waals surface area contributed by atoms with Gasteiger partial charge in [0.15, 0.2) is 0 Å². The lowest BCUT2D eigenvalue weighted by Crippen LogP contribution is -2.35. The number of amides is 1. The summed E-state index contributed by atoms with van der Waals surface area (Å²) in [6, 6.07) is 9.89. The van der Waals surface area contributed by atoms with Crippen LogP contribution in [-0.2, 0) is 21.2 Å². The first-order valence-corrected chi connectivity index (χ1v) is 11.9. The molecule has 1 heterocycles. The van der Waals surface area contributed by atoms with Gasteiger partial charge in [-0.15, -0.1) is 0 Å². The minimum atomic E-state index is -3.70. The predicted octanol–water partition coefficient (Wildman–Crippen LogP) is 4.75. The molecule has 0 radical (unpaired) electrons. The van der Waals surface area contributed by atoms with Crippen LogP contribution in [0.4, 0.5) is 5.69 Å². The molecule has 0 atom stereocenters. The molecule has 1 aliphatic heterocycles. The summed E-state index contributed by atoms with van der Waals surface area (Å²) in [6.45, 7) is 0.984. The van der Waals surface area contributed by atoms with Crippen LogP contribution in [0, 0.1) is 0 Å². The van der Waals surface area contributed by atoms with E-state index in [9.17, 15) is 13.2 Å². The van der Waals surface area contributed by atoms with Gasteiger partial charge in [-0.05, 0) is 55.2 Å². The highest BCUT2D eigenvalue weighted by Gasteiger charge is 2.29. The SMILES string of the molecule is COc1ccc(NC(=O)CCc2ccc(Cl)c(Cl)c2)cc1S(=O)(=O)N1CCCCC1. The summed E-state index contributed by atoms with van der Waals surface area (Å²) in [5, 5.41) is 3.67. The molecule has 1 fully saturated rings. The van der Waals surface area contributed by atoms with E-state index in [1.807, 2.05) is 6.07 Å². The number of carbonyl (C=O) groups excluding carboxylic acids is 1. The van der Waals surface area contributed by atoms with Crippen molar-refractivity contribution in [1.82, 2.24) is 4.31 Å². The Bertz CT molecular complexity index is 1020. The van der Waals surface area contributed by atoms with Crippen molar-refractivity contribution in [3.05, 3.63) is 52.0 Å². The zero-order chi connectivity index (χ0) is 21.7. The van der Waals surface area contributed by atoms with E-state index < -0.39 is 10.0 Å². The molecule has 1 N–H and O–H groups in total. The molecule has 30 heavy (non-hydrogen) atoms. The fourth-order valence-corrected chi connectivity index (χ4v) is 5.40. The Morgan fingerprint density at radius 2 is 1.80 bits per heavy atom. The smallest absolute Gasteiger partial charge is 0.246 e. The van der Waals surface area contributed by atoms with Crippen molar-refractivity contribution in [3.8, 4) is 5.75 Å².